The Balaban J connectivity index is 0.00000401. The van der Waals surface area contributed by atoms with Crippen LogP contribution in [-0.4, -0.2) is 12.1 Å². The molecular weight excluding hydrogens is 737 g/mol. The van der Waals surface area contributed by atoms with Gasteiger partial charge in [-0.1, -0.05) is 256 Å². The predicted octanol–water partition coefficient (Wildman–Crippen LogP) is 16.8. The Morgan fingerprint density at radius 1 is 0.417 bits per heavy atom. The highest BCUT2D eigenvalue weighted by atomic mass is 16.5. The summed E-state index contributed by atoms with van der Waals surface area (Å²) in [6, 6.07) is 26.8. The van der Waals surface area contributed by atoms with Crippen LogP contribution in [0, 0.1) is 0 Å². The van der Waals surface area contributed by atoms with Crippen molar-refractivity contribution < 1.29 is 19.1 Å². The summed E-state index contributed by atoms with van der Waals surface area (Å²) in [5, 5.41) is 0. The van der Waals surface area contributed by atoms with Crippen molar-refractivity contribution in [2.24, 2.45) is 0 Å². The molecule has 3 aromatic carbocycles. The highest BCUT2D eigenvalue weighted by molar-refractivity contribution is 5.72. The molecule has 0 aliphatic heterocycles. The first-order chi connectivity index (χ1) is 29.1. The number of carbonyl (C=O) groups excluding carboxylic acids is 3. The van der Waals surface area contributed by atoms with Crippen LogP contribution in [0.5, 0.6) is 5.75 Å². The number of ether oxygens (including phenoxy) is 1. The molecule has 0 fully saturated rings. The second-order valence-corrected chi connectivity index (χ2v) is 18.6. The van der Waals surface area contributed by atoms with Crippen molar-refractivity contribution in [3.05, 3.63) is 101 Å². The number of carbonyl (C=O) groups is 1. The molecule has 3 rings (SSSR count). The fraction of sp³-hybridized carbons (Fsp3) is 0.643. The van der Waals surface area contributed by atoms with E-state index in [0.717, 1.165) is 12.8 Å². The number of hydrogen-bond donors (Lipinski definition) is 0. The van der Waals surface area contributed by atoms with Gasteiger partial charge in [0.1, 0.15) is 5.75 Å². The highest BCUT2D eigenvalue weighted by Gasteiger charge is 2.26. The van der Waals surface area contributed by atoms with Crippen LogP contribution < -0.4 is 4.74 Å². The largest absolute Gasteiger partial charge is 0.427 e. The lowest BCUT2D eigenvalue weighted by atomic mass is 9.74. The molecule has 0 spiro atoms. The molecule has 0 heterocycles. The van der Waals surface area contributed by atoms with Gasteiger partial charge in [-0.2, -0.15) is 9.59 Å². The van der Waals surface area contributed by atoms with Gasteiger partial charge in [-0.3, -0.25) is 4.79 Å². The Morgan fingerprint density at radius 2 is 0.683 bits per heavy atom. The zero-order valence-electron chi connectivity index (χ0n) is 39.4. The minimum absolute atomic E-state index is 0.0742. The average molecular weight is 823 g/mol. The first-order valence-corrected chi connectivity index (χ1v) is 24.6. The molecule has 3 aromatic rings. The fourth-order valence-electron chi connectivity index (χ4n) is 8.48. The first-order valence-electron chi connectivity index (χ1n) is 24.6. The van der Waals surface area contributed by atoms with E-state index in [2.05, 4.69) is 102 Å². The van der Waals surface area contributed by atoms with E-state index in [1.165, 1.54) is 188 Å². The van der Waals surface area contributed by atoms with Gasteiger partial charge in [-0.15, -0.1) is 0 Å². The summed E-state index contributed by atoms with van der Waals surface area (Å²) in [7, 11) is 0. The van der Waals surface area contributed by atoms with Gasteiger partial charge < -0.3 is 4.74 Å². The van der Waals surface area contributed by atoms with Crippen LogP contribution in [-0.2, 0) is 31.6 Å². The highest BCUT2D eigenvalue weighted by Crippen LogP contribution is 2.36. The Kier molecular flexibility index (Phi) is 28.3. The van der Waals surface area contributed by atoms with Crippen molar-refractivity contribution in [1.82, 2.24) is 0 Å². The quantitative estimate of drug-likeness (QED) is 0.0349. The van der Waals surface area contributed by atoms with Gasteiger partial charge >= 0.3 is 12.1 Å². The monoisotopic (exact) mass is 823 g/mol. The van der Waals surface area contributed by atoms with Crippen LogP contribution in [0.2, 0.25) is 0 Å². The number of rotatable bonds is 33. The summed E-state index contributed by atoms with van der Waals surface area (Å²) in [6.07, 6.45) is 37.1. The number of aryl methyl sites for hydroxylation is 1. The summed E-state index contributed by atoms with van der Waals surface area (Å²) >= 11 is 0. The van der Waals surface area contributed by atoms with E-state index < -0.39 is 0 Å². The van der Waals surface area contributed by atoms with Crippen LogP contribution in [0.1, 0.15) is 243 Å². The molecule has 0 unspecified atom stereocenters. The second kappa shape index (κ2) is 32.3. The van der Waals surface area contributed by atoms with Crippen molar-refractivity contribution in [3.8, 4) is 5.75 Å². The van der Waals surface area contributed by atoms with Crippen molar-refractivity contribution in [1.29, 1.82) is 0 Å². The van der Waals surface area contributed by atoms with E-state index in [9.17, 15) is 4.79 Å². The van der Waals surface area contributed by atoms with E-state index in [-0.39, 0.29) is 23.0 Å². The van der Waals surface area contributed by atoms with E-state index in [0.29, 0.717) is 12.2 Å². The van der Waals surface area contributed by atoms with Crippen molar-refractivity contribution >= 4 is 12.1 Å². The van der Waals surface area contributed by atoms with Gasteiger partial charge in [0.25, 0.3) is 0 Å². The third kappa shape index (κ3) is 21.9. The maximum atomic E-state index is 12.6. The lowest BCUT2D eigenvalue weighted by molar-refractivity contribution is -0.191. The molecule has 0 atom stereocenters. The van der Waals surface area contributed by atoms with Crippen LogP contribution in [0.3, 0.4) is 0 Å². The topological polar surface area (TPSA) is 60.4 Å². The molecule has 4 nitrogen and oxygen atoms in total. The second-order valence-electron chi connectivity index (χ2n) is 18.6. The van der Waals surface area contributed by atoms with Crippen LogP contribution >= 0.6 is 0 Å². The molecule has 0 saturated carbocycles. The minimum Gasteiger partial charge on any atom is -0.427 e. The van der Waals surface area contributed by atoms with Gasteiger partial charge in [0.15, 0.2) is 0 Å². The normalized spacial score (nSPS) is 11.5. The van der Waals surface area contributed by atoms with Crippen LogP contribution in [0.25, 0.3) is 0 Å². The first kappa shape index (κ1) is 52.6. The zero-order valence-corrected chi connectivity index (χ0v) is 39.4. The van der Waals surface area contributed by atoms with Gasteiger partial charge in [0, 0.05) is 17.3 Å². The molecule has 0 saturated heterocycles. The number of benzene rings is 3. The molecule has 0 N–H and O–H groups in total. The van der Waals surface area contributed by atoms with Gasteiger partial charge in [0.05, 0.1) is 0 Å². The molecule has 0 aliphatic carbocycles. The fourth-order valence-corrected chi connectivity index (χ4v) is 8.48. The molecule has 0 bridgehead atoms. The maximum absolute atomic E-state index is 12.6. The summed E-state index contributed by atoms with van der Waals surface area (Å²) in [6.45, 7) is 13.8. The van der Waals surface area contributed by atoms with E-state index in [1.807, 2.05) is 12.1 Å². The summed E-state index contributed by atoms with van der Waals surface area (Å²) in [5.74, 6) is 0.523. The SMILES string of the molecule is CCCCCCCCCCCCCCCC(=O)Oc1ccc(C(C)(C)c2ccc(C(C)(C)c3ccc(CCCCCCCCCCCCCCC)cc3)cc2)cc1.O=C=O. The van der Waals surface area contributed by atoms with Crippen LogP contribution in [0.15, 0.2) is 72.8 Å². The van der Waals surface area contributed by atoms with Crippen LogP contribution in [0.4, 0.5) is 0 Å². The number of hydrogen-bond acceptors (Lipinski definition) is 4. The third-order valence-electron chi connectivity index (χ3n) is 12.9. The van der Waals surface area contributed by atoms with Crippen molar-refractivity contribution in [2.45, 2.75) is 232 Å². The maximum Gasteiger partial charge on any atom is 0.373 e. The third-order valence-corrected chi connectivity index (χ3v) is 12.9. The molecule has 0 amide bonds. The summed E-state index contributed by atoms with van der Waals surface area (Å²) in [4.78, 5) is 28.8. The number of unbranched alkanes of at least 4 members (excludes halogenated alkanes) is 24. The molecule has 60 heavy (non-hydrogen) atoms. The molecule has 0 radical (unpaired) electrons. The zero-order chi connectivity index (χ0) is 43.7. The summed E-state index contributed by atoms with van der Waals surface area (Å²) in [5.41, 5.74) is 6.40. The Labute approximate surface area is 368 Å². The predicted molar refractivity (Wildman–Crippen MR) is 254 cm³/mol. The van der Waals surface area contributed by atoms with E-state index >= 15 is 0 Å². The smallest absolute Gasteiger partial charge is 0.373 e. The van der Waals surface area contributed by atoms with E-state index in [4.69, 9.17) is 14.3 Å². The molecule has 0 aromatic heterocycles. The lowest BCUT2D eigenvalue weighted by Crippen LogP contribution is -2.21. The lowest BCUT2D eigenvalue weighted by Gasteiger charge is -2.29. The van der Waals surface area contributed by atoms with Gasteiger partial charge in [-0.05, 0) is 59.2 Å². The molecular formula is C56H86O4. The average Bonchev–Trinajstić information content (AvgIpc) is 3.25. The molecule has 334 valence electrons. The summed E-state index contributed by atoms with van der Waals surface area (Å²) < 4.78 is 5.72. The minimum atomic E-state index is -0.172. The van der Waals surface area contributed by atoms with Gasteiger partial charge in [-0.25, -0.2) is 0 Å². The Hall–Kier alpha value is -3.49. The molecule has 0 aliphatic rings. The van der Waals surface area contributed by atoms with E-state index in [1.54, 1.807) is 0 Å². The molecule has 4 heteroatoms. The van der Waals surface area contributed by atoms with Crippen molar-refractivity contribution in [2.75, 3.05) is 0 Å². The number of esters is 1. The standard InChI is InChI=1S/C55H86O2.CO2/c1-7-9-11-13-15-17-19-21-23-25-27-29-31-33-47-35-37-48(38-36-47)54(3,4)49-39-41-50(42-40-49)55(5,6)51-43-45-52(46-44-51)57-53(56)34-32-30-28-26-24-22-20-18-16-14-12-10-8-2;2-1-3/h35-46H,7-34H2,1-6H3;. The Morgan fingerprint density at radius 3 is 1.02 bits per heavy atom. The van der Waals surface area contributed by atoms with Gasteiger partial charge in [0.2, 0.25) is 0 Å². The Bertz CT molecular complexity index is 1530. The van der Waals surface area contributed by atoms with Crippen molar-refractivity contribution in [3.63, 3.8) is 0 Å².